The van der Waals surface area contributed by atoms with Gasteiger partial charge >= 0.3 is 47.7 Å². The lowest BCUT2D eigenvalue weighted by Crippen LogP contribution is -2.72. The zero-order valence-corrected chi connectivity index (χ0v) is 17.7. The number of hydrogen-bond donors (Lipinski definition) is 3. The van der Waals surface area contributed by atoms with E-state index < -0.39 is 94.7 Å². The van der Waals surface area contributed by atoms with Crippen LogP contribution in [0.25, 0.3) is 0 Å². The number of aliphatic hydroxyl groups is 1. The van der Waals surface area contributed by atoms with Gasteiger partial charge in [0.15, 0.2) is 0 Å². The van der Waals surface area contributed by atoms with Crippen LogP contribution in [0.15, 0.2) is 11.0 Å². The summed E-state index contributed by atoms with van der Waals surface area (Å²) in [5.74, 6) is -52.7. The minimum absolute atomic E-state index is 0.526. The Kier molecular flexibility index (Phi) is 9.77. The topological polar surface area (TPSA) is 86.6 Å². The molecule has 3 N–H and O–H groups in total. The maximum absolute atomic E-state index is 14.3. The molecule has 0 bridgehead atoms. The van der Waals surface area contributed by atoms with Crippen LogP contribution in [0.5, 0.6) is 0 Å². The second-order valence-corrected chi connectivity index (χ2v) is 7.66. The molecule has 0 heterocycles. The summed E-state index contributed by atoms with van der Waals surface area (Å²) in [7, 11) is 0. The molecular weight excluding hydrogens is 575 g/mol. The van der Waals surface area contributed by atoms with Crippen molar-refractivity contribution in [3.05, 3.63) is 11.0 Å². The van der Waals surface area contributed by atoms with Gasteiger partial charge in [0.05, 0.1) is 11.5 Å². The monoisotopic (exact) mass is 587 g/mol. The van der Waals surface area contributed by atoms with Crippen LogP contribution in [0.2, 0.25) is 0 Å². The van der Waals surface area contributed by atoms with Crippen molar-refractivity contribution in [3.63, 3.8) is 0 Å². The predicted molar refractivity (Wildman–Crippen MR) is 88.6 cm³/mol. The molecule has 0 aliphatic rings. The summed E-state index contributed by atoms with van der Waals surface area (Å²) < 4.78 is 200. The number of rotatable bonds is 12. The van der Waals surface area contributed by atoms with Crippen molar-refractivity contribution in [1.82, 2.24) is 5.32 Å². The lowest BCUT2D eigenvalue weighted by Gasteiger charge is -2.41. The second-order valence-electron chi connectivity index (χ2n) is 6.60. The number of halogens is 15. The molecule has 1 amide bonds. The second kappa shape index (κ2) is 10.4. The van der Waals surface area contributed by atoms with Gasteiger partial charge in [0.2, 0.25) is 5.91 Å². The normalized spacial score (nSPS) is 16.1. The molecule has 1 atom stereocenters. The van der Waals surface area contributed by atoms with E-state index in [1.54, 1.807) is 0 Å². The van der Waals surface area contributed by atoms with E-state index in [4.69, 9.17) is 10.2 Å². The molecule has 0 fully saturated rings. The number of alkyl halides is 15. The van der Waals surface area contributed by atoms with Gasteiger partial charge in [-0.05, 0) is 6.08 Å². The van der Waals surface area contributed by atoms with E-state index in [1.165, 1.54) is 5.32 Å². The fourth-order valence-corrected chi connectivity index (χ4v) is 3.15. The van der Waals surface area contributed by atoms with Crippen LogP contribution in [0.1, 0.15) is 6.92 Å². The van der Waals surface area contributed by atoms with Gasteiger partial charge in [0, 0.05) is 12.7 Å². The van der Waals surface area contributed by atoms with Crippen molar-refractivity contribution in [1.29, 1.82) is 0 Å². The van der Waals surface area contributed by atoms with Crippen molar-refractivity contribution >= 4 is 23.6 Å². The zero-order valence-electron chi connectivity index (χ0n) is 16.9. The Labute approximate surface area is 193 Å². The molecule has 0 rings (SSSR count). The molecule has 0 aliphatic carbocycles. The molecule has 0 spiro atoms. The van der Waals surface area contributed by atoms with Gasteiger partial charge < -0.3 is 15.5 Å². The molecule has 0 aromatic carbocycles. The van der Waals surface area contributed by atoms with Crippen LogP contribution in [0, 0.1) is 0 Å². The van der Waals surface area contributed by atoms with Gasteiger partial charge in [0.25, 0.3) is 0 Å². The Morgan fingerprint density at radius 1 is 0.778 bits per heavy atom. The Morgan fingerprint density at radius 2 is 1.17 bits per heavy atom. The quantitative estimate of drug-likeness (QED) is 0.292. The molecule has 0 aliphatic heterocycles. The predicted octanol–water partition coefficient (Wildman–Crippen LogP) is 4.56. The third-order valence-electron chi connectivity index (χ3n) is 3.99. The SMILES string of the molecule is CC(=O)N[C@@H](CSC(=CCO)C(F)(F)C(F)(F)C(F)(F)C(F)(F)C(F)(F)C(F)(F)C(F)(F)F)C(=O)O. The van der Waals surface area contributed by atoms with Gasteiger partial charge in [-0.3, -0.25) is 4.79 Å². The third kappa shape index (κ3) is 5.59. The maximum Gasteiger partial charge on any atom is 0.460 e. The number of thioether (sulfide) groups is 1. The molecule has 0 unspecified atom stereocenters. The zero-order chi connectivity index (χ0) is 29.3. The molecule has 21 heteroatoms. The summed E-state index contributed by atoms with van der Waals surface area (Å²) in [5, 5.41) is 19.0. The lowest BCUT2D eigenvalue weighted by molar-refractivity contribution is -0.449. The Morgan fingerprint density at radius 3 is 1.50 bits per heavy atom. The Bertz CT molecular complexity index is 856. The number of carboxylic acid groups (broad SMARTS) is 1. The van der Waals surface area contributed by atoms with E-state index in [1.807, 2.05) is 0 Å². The minimum Gasteiger partial charge on any atom is -0.480 e. The van der Waals surface area contributed by atoms with E-state index in [-0.39, 0.29) is 0 Å². The number of aliphatic carboxylic acids is 1. The standard InChI is InChI=1S/C15H12F15NO4S/c1-5(33)31-6(8(34)35)4-36-7(2-3-32)9(16,17)10(18,19)11(20,21)12(22,23)13(24,25)14(26,27)15(28,29)30/h2,6,32H,3-4H2,1H3,(H,31,33)(H,34,35)/t6-/m0/s1. The smallest absolute Gasteiger partial charge is 0.460 e. The first-order valence-corrected chi connectivity index (χ1v) is 9.44. The number of aliphatic hydroxyl groups excluding tert-OH is 1. The van der Waals surface area contributed by atoms with E-state index in [2.05, 4.69) is 0 Å². The molecule has 36 heavy (non-hydrogen) atoms. The highest BCUT2D eigenvalue weighted by atomic mass is 32.2. The van der Waals surface area contributed by atoms with Gasteiger partial charge in [-0.15, -0.1) is 11.8 Å². The van der Waals surface area contributed by atoms with Crippen LogP contribution in [0.3, 0.4) is 0 Å². The van der Waals surface area contributed by atoms with Gasteiger partial charge in [-0.25, -0.2) is 4.79 Å². The molecule has 0 aromatic heterocycles. The van der Waals surface area contributed by atoms with Crippen molar-refractivity contribution in [2.24, 2.45) is 0 Å². The van der Waals surface area contributed by atoms with E-state index in [0.29, 0.717) is 6.92 Å². The van der Waals surface area contributed by atoms with Crippen molar-refractivity contribution in [3.8, 4) is 0 Å². The number of nitrogens with one attached hydrogen (secondary N) is 1. The number of amides is 1. The third-order valence-corrected chi connectivity index (χ3v) is 5.23. The fraction of sp³-hybridized carbons (Fsp3) is 0.733. The lowest BCUT2D eigenvalue weighted by atomic mass is 9.91. The highest BCUT2D eigenvalue weighted by Crippen LogP contribution is 2.63. The van der Waals surface area contributed by atoms with Crippen LogP contribution in [0.4, 0.5) is 65.9 Å². The summed E-state index contributed by atoms with van der Waals surface area (Å²) in [4.78, 5) is 19.2. The largest absolute Gasteiger partial charge is 0.480 e. The van der Waals surface area contributed by atoms with Crippen molar-refractivity contribution in [2.75, 3.05) is 12.4 Å². The Balaban J connectivity index is 6.61. The van der Waals surface area contributed by atoms with E-state index in [0.717, 1.165) is 0 Å². The first-order chi connectivity index (χ1) is 15.7. The number of carboxylic acids is 1. The molecule has 212 valence electrons. The molecule has 0 saturated carbocycles. The highest BCUT2D eigenvalue weighted by Gasteiger charge is 2.93. The first kappa shape index (κ1) is 33.9. The molecule has 0 saturated heterocycles. The van der Waals surface area contributed by atoms with Crippen molar-refractivity contribution in [2.45, 2.75) is 54.7 Å². The molecule has 0 radical (unpaired) electrons. The summed E-state index contributed by atoms with van der Waals surface area (Å²) in [6.45, 7) is -1.14. The average molecular weight is 587 g/mol. The van der Waals surface area contributed by atoms with Gasteiger partial charge in [-0.1, -0.05) is 0 Å². The van der Waals surface area contributed by atoms with Crippen LogP contribution in [-0.4, -0.2) is 82.2 Å². The number of carbonyl (C=O) groups excluding carboxylic acids is 1. The van der Waals surface area contributed by atoms with Crippen molar-refractivity contribution < 1.29 is 85.7 Å². The maximum atomic E-state index is 14.3. The van der Waals surface area contributed by atoms with Crippen LogP contribution >= 0.6 is 11.8 Å². The fourth-order valence-electron chi connectivity index (χ4n) is 2.08. The molecular formula is C15H12F15NO4S. The highest BCUT2D eigenvalue weighted by molar-refractivity contribution is 8.03. The number of hydrogen-bond acceptors (Lipinski definition) is 4. The van der Waals surface area contributed by atoms with Gasteiger partial charge in [-0.2, -0.15) is 65.9 Å². The summed E-state index contributed by atoms with van der Waals surface area (Å²) in [5.41, 5.74) is 0. The summed E-state index contributed by atoms with van der Waals surface area (Å²) in [6.07, 6.45) is -8.26. The first-order valence-electron chi connectivity index (χ1n) is 8.46. The Hall–Kier alpha value is -2.06. The van der Waals surface area contributed by atoms with E-state index >= 15 is 0 Å². The number of carbonyl (C=O) groups is 2. The van der Waals surface area contributed by atoms with E-state index in [9.17, 15) is 75.4 Å². The minimum atomic E-state index is -8.49. The summed E-state index contributed by atoms with van der Waals surface area (Å²) >= 11 is -0.916. The molecule has 5 nitrogen and oxygen atoms in total. The number of allylic oxidation sites excluding steroid dienone is 1. The van der Waals surface area contributed by atoms with Gasteiger partial charge in [0.1, 0.15) is 6.04 Å². The average Bonchev–Trinajstić information content (AvgIpc) is 2.67. The van der Waals surface area contributed by atoms with Crippen LogP contribution < -0.4 is 5.32 Å². The van der Waals surface area contributed by atoms with Crippen LogP contribution in [-0.2, 0) is 9.59 Å². The summed E-state index contributed by atoms with van der Waals surface area (Å²) in [6, 6.07) is -2.25. The molecule has 0 aromatic rings.